The Hall–Kier alpha value is -0.0400. The SMILES string of the molecule is CC(C)C12CC3CC(CC(NC45CC6CC(CC(C6)C4)C5)(C3)C1)C2. The Balaban J connectivity index is 1.32. The third-order valence-corrected chi connectivity index (χ3v) is 9.90. The molecular weight excluding hydrogens is 290 g/mol. The minimum Gasteiger partial charge on any atom is -0.306 e. The Morgan fingerprint density at radius 1 is 0.625 bits per heavy atom. The van der Waals surface area contributed by atoms with Gasteiger partial charge in [-0.15, -0.1) is 0 Å². The van der Waals surface area contributed by atoms with Gasteiger partial charge in [-0.3, -0.25) is 0 Å². The summed E-state index contributed by atoms with van der Waals surface area (Å²) in [4.78, 5) is 0. The van der Waals surface area contributed by atoms with Crippen LogP contribution in [0.2, 0.25) is 0 Å². The lowest BCUT2D eigenvalue weighted by Crippen LogP contribution is -2.70. The van der Waals surface area contributed by atoms with Gasteiger partial charge >= 0.3 is 0 Å². The van der Waals surface area contributed by atoms with E-state index in [4.69, 9.17) is 0 Å². The third-order valence-electron chi connectivity index (χ3n) is 9.90. The minimum atomic E-state index is 0.542. The molecule has 8 fully saturated rings. The van der Waals surface area contributed by atoms with Crippen molar-refractivity contribution in [3.63, 3.8) is 0 Å². The Bertz CT molecular complexity index is 497. The van der Waals surface area contributed by atoms with E-state index in [1.807, 2.05) is 0 Å². The molecule has 0 aromatic heterocycles. The first kappa shape index (κ1) is 15.1. The fourth-order valence-electron chi connectivity index (χ4n) is 9.98. The summed E-state index contributed by atoms with van der Waals surface area (Å²) in [7, 11) is 0. The van der Waals surface area contributed by atoms with E-state index in [0.717, 1.165) is 35.5 Å². The monoisotopic (exact) mass is 327 g/mol. The fourth-order valence-corrected chi connectivity index (χ4v) is 9.98. The quantitative estimate of drug-likeness (QED) is 0.717. The van der Waals surface area contributed by atoms with E-state index in [0.29, 0.717) is 16.5 Å². The van der Waals surface area contributed by atoms with Crippen molar-refractivity contribution in [3.8, 4) is 0 Å². The van der Waals surface area contributed by atoms with E-state index in [1.165, 1.54) is 38.5 Å². The molecule has 134 valence electrons. The fraction of sp³-hybridized carbons (Fsp3) is 1.00. The van der Waals surface area contributed by atoms with Crippen LogP contribution in [0, 0.1) is 40.9 Å². The molecular formula is C23H37N. The van der Waals surface area contributed by atoms with Crippen molar-refractivity contribution in [2.24, 2.45) is 40.9 Å². The highest BCUT2D eigenvalue weighted by molar-refractivity contribution is 5.17. The maximum Gasteiger partial charge on any atom is 0.0197 e. The minimum absolute atomic E-state index is 0.542. The first-order valence-electron chi connectivity index (χ1n) is 11.2. The van der Waals surface area contributed by atoms with Gasteiger partial charge in [-0.2, -0.15) is 0 Å². The Morgan fingerprint density at radius 3 is 1.58 bits per heavy atom. The average Bonchev–Trinajstić information content (AvgIpc) is 2.42. The van der Waals surface area contributed by atoms with Crippen molar-refractivity contribution >= 4 is 0 Å². The van der Waals surface area contributed by atoms with Crippen LogP contribution in [0.25, 0.3) is 0 Å². The van der Waals surface area contributed by atoms with Crippen LogP contribution in [0.4, 0.5) is 0 Å². The number of rotatable bonds is 3. The number of hydrogen-bond acceptors (Lipinski definition) is 1. The van der Waals surface area contributed by atoms with Gasteiger partial charge in [0.05, 0.1) is 0 Å². The first-order chi connectivity index (χ1) is 11.5. The lowest BCUT2D eigenvalue weighted by atomic mass is 9.43. The summed E-state index contributed by atoms with van der Waals surface area (Å²) >= 11 is 0. The second-order valence-corrected chi connectivity index (χ2v) is 12.1. The molecule has 0 aromatic rings. The smallest absolute Gasteiger partial charge is 0.0197 e. The van der Waals surface area contributed by atoms with Crippen molar-refractivity contribution < 1.29 is 0 Å². The van der Waals surface area contributed by atoms with Crippen LogP contribution in [0.15, 0.2) is 0 Å². The van der Waals surface area contributed by atoms with Crippen molar-refractivity contribution in [3.05, 3.63) is 0 Å². The van der Waals surface area contributed by atoms with Gasteiger partial charge in [0.25, 0.3) is 0 Å². The maximum absolute atomic E-state index is 4.55. The summed E-state index contributed by atoms with van der Waals surface area (Å²) in [6.07, 6.45) is 18.6. The van der Waals surface area contributed by atoms with E-state index in [-0.39, 0.29) is 0 Å². The van der Waals surface area contributed by atoms with E-state index in [1.54, 1.807) is 38.5 Å². The molecule has 0 spiro atoms. The van der Waals surface area contributed by atoms with Crippen molar-refractivity contribution in [2.75, 3.05) is 0 Å². The van der Waals surface area contributed by atoms with E-state index in [2.05, 4.69) is 19.2 Å². The summed E-state index contributed by atoms with van der Waals surface area (Å²) in [5.41, 5.74) is 1.80. The van der Waals surface area contributed by atoms with Gasteiger partial charge < -0.3 is 5.32 Å². The lowest BCUT2D eigenvalue weighted by Gasteiger charge is -2.67. The van der Waals surface area contributed by atoms with Crippen LogP contribution >= 0.6 is 0 Å². The zero-order chi connectivity index (χ0) is 16.2. The molecule has 0 saturated heterocycles. The molecule has 8 bridgehead atoms. The summed E-state index contributed by atoms with van der Waals surface area (Å²) in [6.45, 7) is 5.07. The Kier molecular flexibility index (Phi) is 2.90. The second-order valence-electron chi connectivity index (χ2n) is 12.1. The van der Waals surface area contributed by atoms with Gasteiger partial charge in [-0.25, -0.2) is 0 Å². The molecule has 2 atom stereocenters. The molecule has 1 N–H and O–H groups in total. The summed E-state index contributed by atoms with van der Waals surface area (Å²) in [6, 6.07) is 0. The van der Waals surface area contributed by atoms with Crippen LogP contribution < -0.4 is 5.32 Å². The van der Waals surface area contributed by atoms with E-state index in [9.17, 15) is 0 Å². The molecule has 0 heterocycles. The molecule has 2 unspecified atom stereocenters. The standard InChI is InChI=1S/C23H37N/c1-15(2)21-7-19-6-20(8-21)13-23(12-19,14-21)24-22-9-16-3-17(10-22)5-18(4-16)11-22/h15-20,24H,3-14H2,1-2H3. The van der Waals surface area contributed by atoms with Gasteiger partial charge in [-0.1, -0.05) is 13.8 Å². The molecule has 0 radical (unpaired) electrons. The van der Waals surface area contributed by atoms with Crippen molar-refractivity contribution in [1.29, 1.82) is 0 Å². The molecule has 0 amide bonds. The highest BCUT2D eigenvalue weighted by Crippen LogP contribution is 2.65. The van der Waals surface area contributed by atoms with E-state index >= 15 is 0 Å². The first-order valence-corrected chi connectivity index (χ1v) is 11.2. The number of hydrogen-bond donors (Lipinski definition) is 1. The van der Waals surface area contributed by atoms with Crippen molar-refractivity contribution in [1.82, 2.24) is 5.32 Å². The molecule has 8 saturated carbocycles. The second kappa shape index (κ2) is 4.62. The molecule has 0 aromatic carbocycles. The normalized spacial score (nSPS) is 60.4. The van der Waals surface area contributed by atoms with Crippen LogP contribution in [-0.2, 0) is 0 Å². The van der Waals surface area contributed by atoms with Crippen molar-refractivity contribution in [2.45, 2.75) is 102 Å². The van der Waals surface area contributed by atoms with Crippen LogP contribution in [-0.4, -0.2) is 11.1 Å². The zero-order valence-electron chi connectivity index (χ0n) is 15.9. The molecule has 1 heteroatoms. The molecule has 1 nitrogen and oxygen atoms in total. The van der Waals surface area contributed by atoms with E-state index < -0.39 is 0 Å². The molecule has 24 heavy (non-hydrogen) atoms. The lowest BCUT2D eigenvalue weighted by molar-refractivity contribution is -0.129. The molecule has 8 rings (SSSR count). The van der Waals surface area contributed by atoms with Crippen LogP contribution in [0.5, 0.6) is 0 Å². The molecule has 8 aliphatic carbocycles. The Morgan fingerprint density at radius 2 is 1.08 bits per heavy atom. The topological polar surface area (TPSA) is 12.0 Å². The molecule has 0 aliphatic heterocycles. The van der Waals surface area contributed by atoms with Gasteiger partial charge in [0.15, 0.2) is 0 Å². The Labute approximate surface area is 148 Å². The predicted molar refractivity (Wildman–Crippen MR) is 98.7 cm³/mol. The van der Waals surface area contributed by atoms with Gasteiger partial charge in [0, 0.05) is 11.1 Å². The third kappa shape index (κ3) is 2.03. The van der Waals surface area contributed by atoms with Gasteiger partial charge in [0.1, 0.15) is 0 Å². The summed E-state index contributed by atoms with van der Waals surface area (Å²) in [5, 5.41) is 4.55. The van der Waals surface area contributed by atoms with Crippen LogP contribution in [0.3, 0.4) is 0 Å². The van der Waals surface area contributed by atoms with Gasteiger partial charge in [0.2, 0.25) is 0 Å². The molecule has 8 aliphatic rings. The highest BCUT2D eigenvalue weighted by atomic mass is 15.1. The highest BCUT2D eigenvalue weighted by Gasteiger charge is 2.61. The average molecular weight is 328 g/mol. The number of nitrogens with one attached hydrogen (secondary N) is 1. The summed E-state index contributed by atoms with van der Waals surface area (Å²) in [5.74, 6) is 6.23. The zero-order valence-corrected chi connectivity index (χ0v) is 15.9. The van der Waals surface area contributed by atoms with Gasteiger partial charge in [-0.05, 0) is 118 Å². The predicted octanol–water partition coefficient (Wildman–Crippen LogP) is 5.54. The van der Waals surface area contributed by atoms with Crippen LogP contribution in [0.1, 0.15) is 90.9 Å². The summed E-state index contributed by atoms with van der Waals surface area (Å²) < 4.78 is 0. The maximum atomic E-state index is 4.55. The largest absolute Gasteiger partial charge is 0.306 e.